The van der Waals surface area contributed by atoms with Gasteiger partial charge >= 0.3 is 0 Å². The summed E-state index contributed by atoms with van der Waals surface area (Å²) in [7, 11) is 0. The number of para-hydroxylation sites is 2. The second-order valence-corrected chi connectivity index (χ2v) is 6.02. The fraction of sp³-hybridized carbons (Fsp3) is 0.200. The normalized spacial score (nSPS) is 12.0. The number of nitrogen functional groups attached to an aromatic ring is 1. The summed E-state index contributed by atoms with van der Waals surface area (Å²) >= 11 is 0. The van der Waals surface area contributed by atoms with Gasteiger partial charge in [-0.15, -0.1) is 0 Å². The van der Waals surface area contributed by atoms with Crippen molar-refractivity contribution in [1.82, 2.24) is 9.97 Å². The molecular weight excluding hydrogens is 344 g/mol. The molecule has 0 bridgehead atoms. The number of nitrogens with one attached hydrogen (secondary N) is 1. The Hall–Kier alpha value is -3.48. The number of hydrogen-bond acceptors (Lipinski definition) is 7. The Kier molecular flexibility index (Phi) is 4.91. The van der Waals surface area contributed by atoms with E-state index < -0.39 is 0 Å². The maximum atomic E-state index is 6.12. The Morgan fingerprint density at radius 1 is 1.04 bits per heavy atom. The molecule has 0 unspecified atom stereocenters. The van der Waals surface area contributed by atoms with Crippen molar-refractivity contribution in [3.8, 4) is 17.2 Å². The van der Waals surface area contributed by atoms with Crippen molar-refractivity contribution in [3.63, 3.8) is 0 Å². The average molecular weight is 364 g/mol. The molecule has 0 radical (unpaired) electrons. The van der Waals surface area contributed by atoms with Gasteiger partial charge in [-0.3, -0.25) is 0 Å². The molecule has 0 saturated carbocycles. The first-order valence-corrected chi connectivity index (χ1v) is 8.70. The summed E-state index contributed by atoms with van der Waals surface area (Å²) < 4.78 is 16.6. The van der Waals surface area contributed by atoms with Crippen molar-refractivity contribution in [2.24, 2.45) is 0 Å². The predicted molar refractivity (Wildman–Crippen MR) is 102 cm³/mol. The zero-order valence-corrected chi connectivity index (χ0v) is 14.7. The van der Waals surface area contributed by atoms with Crippen molar-refractivity contribution in [2.45, 2.75) is 6.42 Å². The molecule has 0 saturated heterocycles. The molecule has 1 aliphatic heterocycles. The van der Waals surface area contributed by atoms with Crippen molar-refractivity contribution in [1.29, 1.82) is 0 Å². The number of nitrogens with zero attached hydrogens (tertiary/aromatic N) is 2. The van der Waals surface area contributed by atoms with E-state index in [1.807, 2.05) is 48.5 Å². The predicted octanol–water partition coefficient (Wildman–Crippen LogP) is 2.87. The largest absolute Gasteiger partial charge is 0.492 e. The zero-order chi connectivity index (χ0) is 18.5. The van der Waals surface area contributed by atoms with Crippen LogP contribution in [-0.2, 0) is 6.42 Å². The minimum absolute atomic E-state index is 0.242. The molecule has 1 aromatic heterocycles. The van der Waals surface area contributed by atoms with Gasteiger partial charge in [0.15, 0.2) is 11.5 Å². The standard InChI is InChI=1S/C20H20N4O3/c21-19-15(11-14-5-4-8-17-18(14)27-13-26-17)12-23-20(24-19)22-9-10-25-16-6-2-1-3-7-16/h1-8,12H,9-11,13H2,(H3,21,22,23,24). The number of aromatic nitrogens is 2. The molecule has 2 aromatic carbocycles. The van der Waals surface area contributed by atoms with Gasteiger partial charge in [-0.1, -0.05) is 30.3 Å². The molecule has 2 heterocycles. The van der Waals surface area contributed by atoms with Crippen LogP contribution in [0.15, 0.2) is 54.7 Å². The Balaban J connectivity index is 1.35. The summed E-state index contributed by atoms with van der Waals surface area (Å²) in [6, 6.07) is 15.5. The quantitative estimate of drug-likeness (QED) is 0.623. The van der Waals surface area contributed by atoms with E-state index in [2.05, 4.69) is 15.3 Å². The third-order valence-electron chi connectivity index (χ3n) is 4.15. The minimum atomic E-state index is 0.242. The van der Waals surface area contributed by atoms with Crippen LogP contribution in [0.2, 0.25) is 0 Å². The highest BCUT2D eigenvalue weighted by Crippen LogP contribution is 2.36. The second kappa shape index (κ2) is 7.82. The van der Waals surface area contributed by atoms with Gasteiger partial charge in [0.25, 0.3) is 0 Å². The van der Waals surface area contributed by atoms with Gasteiger partial charge in [0.2, 0.25) is 12.7 Å². The molecule has 1 aliphatic rings. The van der Waals surface area contributed by atoms with Gasteiger partial charge in [-0.25, -0.2) is 4.98 Å². The third-order valence-corrected chi connectivity index (χ3v) is 4.15. The lowest BCUT2D eigenvalue weighted by molar-refractivity contribution is 0.173. The lowest BCUT2D eigenvalue weighted by Gasteiger charge is -2.10. The monoisotopic (exact) mass is 364 g/mol. The summed E-state index contributed by atoms with van der Waals surface area (Å²) in [4.78, 5) is 8.68. The first-order valence-electron chi connectivity index (χ1n) is 8.70. The topological polar surface area (TPSA) is 91.5 Å². The molecule has 0 fully saturated rings. The molecule has 3 N–H and O–H groups in total. The molecule has 0 amide bonds. The Morgan fingerprint density at radius 2 is 1.93 bits per heavy atom. The van der Waals surface area contributed by atoms with Crippen LogP contribution in [0.5, 0.6) is 17.2 Å². The average Bonchev–Trinajstić information content (AvgIpc) is 3.18. The van der Waals surface area contributed by atoms with Crippen LogP contribution < -0.4 is 25.3 Å². The third kappa shape index (κ3) is 4.03. The summed E-state index contributed by atoms with van der Waals surface area (Å²) in [5.74, 6) is 3.26. The summed E-state index contributed by atoms with van der Waals surface area (Å²) in [5.41, 5.74) is 7.95. The molecule has 7 heteroatoms. The minimum Gasteiger partial charge on any atom is -0.492 e. The Morgan fingerprint density at radius 3 is 2.78 bits per heavy atom. The molecule has 7 nitrogen and oxygen atoms in total. The molecule has 4 rings (SSSR count). The fourth-order valence-electron chi connectivity index (χ4n) is 2.82. The number of anilines is 2. The first kappa shape index (κ1) is 17.0. The fourth-order valence-corrected chi connectivity index (χ4v) is 2.82. The van der Waals surface area contributed by atoms with E-state index in [4.69, 9.17) is 19.9 Å². The molecule has 3 aromatic rings. The summed E-state index contributed by atoms with van der Waals surface area (Å²) in [6.45, 7) is 1.32. The van der Waals surface area contributed by atoms with Crippen LogP contribution >= 0.6 is 0 Å². The molecule has 0 spiro atoms. The maximum absolute atomic E-state index is 6.12. The van der Waals surface area contributed by atoms with Crippen LogP contribution in [0.4, 0.5) is 11.8 Å². The SMILES string of the molecule is Nc1nc(NCCOc2ccccc2)ncc1Cc1cccc2c1OCO2. The van der Waals surface area contributed by atoms with Gasteiger partial charge in [-0.2, -0.15) is 4.98 Å². The summed E-state index contributed by atoms with van der Waals surface area (Å²) in [5, 5.41) is 3.12. The molecule has 0 aliphatic carbocycles. The van der Waals surface area contributed by atoms with E-state index >= 15 is 0 Å². The highest BCUT2D eigenvalue weighted by molar-refractivity contribution is 5.52. The Labute approximate surface area is 157 Å². The first-order chi connectivity index (χ1) is 13.3. The zero-order valence-electron chi connectivity index (χ0n) is 14.7. The van der Waals surface area contributed by atoms with Gasteiger partial charge < -0.3 is 25.3 Å². The molecular formula is C20H20N4O3. The molecule has 0 atom stereocenters. The van der Waals surface area contributed by atoms with E-state index in [9.17, 15) is 0 Å². The van der Waals surface area contributed by atoms with Crippen LogP contribution in [0, 0.1) is 0 Å². The van der Waals surface area contributed by atoms with Gasteiger partial charge in [0, 0.05) is 23.7 Å². The van der Waals surface area contributed by atoms with Gasteiger partial charge in [0.05, 0.1) is 6.54 Å². The number of hydrogen-bond donors (Lipinski definition) is 2. The number of benzene rings is 2. The maximum Gasteiger partial charge on any atom is 0.231 e. The lowest BCUT2D eigenvalue weighted by Crippen LogP contribution is -2.14. The number of nitrogens with two attached hydrogens (primary N) is 1. The van der Waals surface area contributed by atoms with E-state index in [-0.39, 0.29) is 6.79 Å². The van der Waals surface area contributed by atoms with Crippen LogP contribution in [0.3, 0.4) is 0 Å². The number of ether oxygens (including phenoxy) is 3. The van der Waals surface area contributed by atoms with E-state index in [1.165, 1.54) is 0 Å². The highest BCUT2D eigenvalue weighted by atomic mass is 16.7. The van der Waals surface area contributed by atoms with Crippen LogP contribution in [0.25, 0.3) is 0 Å². The summed E-state index contributed by atoms with van der Waals surface area (Å²) in [6.07, 6.45) is 2.31. The molecule has 138 valence electrons. The van der Waals surface area contributed by atoms with Crippen molar-refractivity contribution < 1.29 is 14.2 Å². The van der Waals surface area contributed by atoms with E-state index in [1.54, 1.807) is 6.20 Å². The van der Waals surface area contributed by atoms with Crippen molar-refractivity contribution >= 4 is 11.8 Å². The van der Waals surface area contributed by atoms with Crippen molar-refractivity contribution in [3.05, 3.63) is 65.9 Å². The highest BCUT2D eigenvalue weighted by Gasteiger charge is 2.18. The Bertz CT molecular complexity index is 918. The van der Waals surface area contributed by atoms with Crippen LogP contribution in [0.1, 0.15) is 11.1 Å². The second-order valence-electron chi connectivity index (χ2n) is 6.02. The molecule has 27 heavy (non-hydrogen) atoms. The van der Waals surface area contributed by atoms with Gasteiger partial charge in [-0.05, 0) is 18.2 Å². The van der Waals surface area contributed by atoms with Crippen LogP contribution in [-0.4, -0.2) is 29.9 Å². The van der Waals surface area contributed by atoms with Crippen molar-refractivity contribution in [2.75, 3.05) is 31.0 Å². The lowest BCUT2D eigenvalue weighted by atomic mass is 10.1. The number of rotatable bonds is 7. The van der Waals surface area contributed by atoms with Gasteiger partial charge in [0.1, 0.15) is 18.2 Å². The number of fused-ring (bicyclic) bond motifs is 1. The van der Waals surface area contributed by atoms with E-state index in [0.29, 0.717) is 31.3 Å². The smallest absolute Gasteiger partial charge is 0.231 e. The van der Waals surface area contributed by atoms with E-state index in [0.717, 1.165) is 28.4 Å².